The summed E-state index contributed by atoms with van der Waals surface area (Å²) in [7, 11) is 0. The molecule has 1 unspecified atom stereocenters. The number of hydrogen-bond donors (Lipinski definition) is 2. The molecule has 1 aliphatic carbocycles. The number of nitrogens with one attached hydrogen (secondary N) is 1. The van der Waals surface area contributed by atoms with Crippen molar-refractivity contribution in [3.05, 3.63) is 29.3 Å². The summed E-state index contributed by atoms with van der Waals surface area (Å²) in [5, 5.41) is 3.33. The first kappa shape index (κ1) is 23.2. The average Bonchev–Trinajstić information content (AvgIpc) is 2.74. The molecule has 7 heteroatoms. The monoisotopic (exact) mass is 466 g/mol. The predicted octanol–water partition coefficient (Wildman–Crippen LogP) is 3.85. The normalized spacial score (nSPS) is 33.1. The van der Waals surface area contributed by atoms with Crippen LogP contribution in [0.3, 0.4) is 0 Å². The molecule has 7 nitrogen and oxygen atoms in total. The summed E-state index contributed by atoms with van der Waals surface area (Å²) in [5.41, 5.74) is 7.96. The summed E-state index contributed by atoms with van der Waals surface area (Å²) in [6.07, 6.45) is 7.37. The molecular weight excluding hydrogens is 428 g/mol. The van der Waals surface area contributed by atoms with Crippen LogP contribution < -0.4 is 15.8 Å². The molecule has 7 rings (SSSR count). The van der Waals surface area contributed by atoms with Gasteiger partial charge in [0, 0.05) is 24.4 Å². The van der Waals surface area contributed by atoms with Crippen molar-refractivity contribution in [1.29, 1.82) is 0 Å². The van der Waals surface area contributed by atoms with E-state index in [1.807, 2.05) is 0 Å². The molecule has 6 bridgehead atoms. The van der Waals surface area contributed by atoms with E-state index in [-0.39, 0.29) is 40.8 Å². The number of nitrogens with two attached hydrogens (primary N) is 1. The molecule has 1 aromatic rings. The molecular formula is C27H38N4O3. The fraction of sp³-hybridized carbons (Fsp3) is 0.667. The van der Waals surface area contributed by atoms with E-state index in [9.17, 15) is 9.59 Å². The number of ether oxygens (including phenoxy) is 1. The van der Waals surface area contributed by atoms with E-state index < -0.39 is 0 Å². The van der Waals surface area contributed by atoms with Crippen LogP contribution in [0.5, 0.6) is 5.75 Å². The summed E-state index contributed by atoms with van der Waals surface area (Å²) in [5.74, 6) is 1.68. The lowest BCUT2D eigenvalue weighted by Crippen LogP contribution is -2.54. The second-order valence-electron chi connectivity index (χ2n) is 11.5. The van der Waals surface area contributed by atoms with Gasteiger partial charge in [0.1, 0.15) is 11.4 Å². The fourth-order valence-corrected chi connectivity index (χ4v) is 6.19. The fourth-order valence-electron chi connectivity index (χ4n) is 6.19. The highest BCUT2D eigenvalue weighted by molar-refractivity contribution is 5.99. The van der Waals surface area contributed by atoms with Gasteiger partial charge in [-0.1, -0.05) is 25.5 Å². The van der Waals surface area contributed by atoms with E-state index in [0.717, 1.165) is 62.7 Å². The lowest BCUT2D eigenvalue weighted by molar-refractivity contribution is -0.132. The molecule has 34 heavy (non-hydrogen) atoms. The number of rotatable bonds is 1. The van der Waals surface area contributed by atoms with Crippen LogP contribution in [0.2, 0.25) is 0 Å². The van der Waals surface area contributed by atoms with Gasteiger partial charge in [-0.3, -0.25) is 14.5 Å². The van der Waals surface area contributed by atoms with E-state index in [1.165, 1.54) is 5.56 Å². The van der Waals surface area contributed by atoms with Crippen LogP contribution in [-0.2, 0) is 16.0 Å². The Morgan fingerprint density at radius 1 is 1.24 bits per heavy atom. The summed E-state index contributed by atoms with van der Waals surface area (Å²) in [4.78, 5) is 32.7. The van der Waals surface area contributed by atoms with Gasteiger partial charge in [-0.2, -0.15) is 0 Å². The van der Waals surface area contributed by atoms with Gasteiger partial charge in [0.25, 0.3) is 0 Å². The molecule has 0 aromatic heterocycles. The van der Waals surface area contributed by atoms with Crippen molar-refractivity contribution in [3.8, 4) is 5.75 Å². The Morgan fingerprint density at radius 3 is 2.76 bits per heavy atom. The van der Waals surface area contributed by atoms with Crippen molar-refractivity contribution in [3.63, 3.8) is 0 Å². The Labute approximate surface area is 202 Å². The van der Waals surface area contributed by atoms with Crippen LogP contribution >= 0.6 is 0 Å². The van der Waals surface area contributed by atoms with E-state index in [2.05, 4.69) is 44.3 Å². The van der Waals surface area contributed by atoms with Crippen LogP contribution in [0.4, 0.5) is 0 Å². The number of carbonyl (C=O) groups is 2. The second kappa shape index (κ2) is 8.58. The third kappa shape index (κ3) is 4.41. The molecule has 0 saturated heterocycles. The van der Waals surface area contributed by atoms with E-state index in [0.29, 0.717) is 18.9 Å². The van der Waals surface area contributed by atoms with Gasteiger partial charge in [0.15, 0.2) is 5.96 Å². The number of nitrogens with zero attached hydrogens (tertiary/aromatic N) is 2. The highest BCUT2D eigenvalue weighted by Gasteiger charge is 2.43. The maximum Gasteiger partial charge on any atom is 0.231 e. The first-order chi connectivity index (χ1) is 16.2. The highest BCUT2D eigenvalue weighted by Crippen LogP contribution is 2.42. The van der Waals surface area contributed by atoms with Gasteiger partial charge in [-0.05, 0) is 69.9 Å². The topological polar surface area (TPSA) is 97.0 Å². The molecule has 5 aliphatic heterocycles. The van der Waals surface area contributed by atoms with Gasteiger partial charge in [0.05, 0.1) is 18.0 Å². The molecule has 2 atom stereocenters. The Kier molecular flexibility index (Phi) is 5.85. The molecule has 6 aliphatic rings. The van der Waals surface area contributed by atoms with Gasteiger partial charge in [-0.15, -0.1) is 0 Å². The van der Waals surface area contributed by atoms with Gasteiger partial charge in [0.2, 0.25) is 11.8 Å². The Hall–Kier alpha value is -2.57. The molecule has 2 amide bonds. The summed E-state index contributed by atoms with van der Waals surface area (Å²) in [6.45, 7) is 6.83. The van der Waals surface area contributed by atoms with Crippen molar-refractivity contribution in [2.75, 3.05) is 6.54 Å². The van der Waals surface area contributed by atoms with Crippen molar-refractivity contribution in [2.24, 2.45) is 22.6 Å². The summed E-state index contributed by atoms with van der Waals surface area (Å²) < 4.78 is 6.25. The number of carbonyl (C=O) groups excluding carboxylic acids is 2. The Morgan fingerprint density at radius 2 is 2.03 bits per heavy atom. The van der Waals surface area contributed by atoms with Gasteiger partial charge in [-0.25, -0.2) is 4.99 Å². The summed E-state index contributed by atoms with van der Waals surface area (Å²) in [6, 6.07) is 6.38. The minimum Gasteiger partial charge on any atom is -0.487 e. The quantitative estimate of drug-likeness (QED) is 0.657. The first-order valence-corrected chi connectivity index (χ1v) is 12.9. The zero-order chi connectivity index (χ0) is 24.1. The van der Waals surface area contributed by atoms with E-state index in [4.69, 9.17) is 15.5 Å². The number of amides is 2. The predicted molar refractivity (Wildman–Crippen MR) is 131 cm³/mol. The Bertz CT molecular complexity index is 1010. The number of aliphatic imine (C=N–C) groups is 1. The number of benzene rings is 1. The van der Waals surface area contributed by atoms with Crippen molar-refractivity contribution < 1.29 is 14.3 Å². The number of hydrogen-bond acceptors (Lipinski definition) is 5. The average molecular weight is 467 g/mol. The zero-order valence-corrected chi connectivity index (χ0v) is 20.7. The maximum atomic E-state index is 13.1. The van der Waals surface area contributed by atoms with Gasteiger partial charge < -0.3 is 15.8 Å². The standard InChI is InChI=1S/C27H38N4O3/c1-4-27-10-6-5-7-17-8-9-22-20(13-17)21(14-26(2,3)34-22)29-24(33)19-11-18(12-19)16-31(23(32)15-27)25(28)30-27/h8-9,13,18-19,21H,4-7,10-12,14-16H2,1-3H3,(H2,28,30)(H,29,33)/t18?,19?,21?,27-/m1/s1. The van der Waals surface area contributed by atoms with Crippen LogP contribution in [0.1, 0.15) is 89.3 Å². The lowest BCUT2D eigenvalue weighted by Gasteiger charge is -2.42. The van der Waals surface area contributed by atoms with Crippen LogP contribution in [0.25, 0.3) is 0 Å². The highest BCUT2D eigenvalue weighted by atomic mass is 16.5. The number of guanidine groups is 1. The molecule has 1 fully saturated rings. The molecule has 1 aromatic carbocycles. The minimum absolute atomic E-state index is 0.0192. The number of aryl methyl sites for hydroxylation is 1. The lowest BCUT2D eigenvalue weighted by atomic mass is 9.73. The van der Waals surface area contributed by atoms with Crippen molar-refractivity contribution in [2.45, 2.75) is 95.7 Å². The largest absolute Gasteiger partial charge is 0.487 e. The van der Waals surface area contributed by atoms with E-state index in [1.54, 1.807) is 4.90 Å². The molecule has 3 N–H and O–H groups in total. The molecule has 0 spiro atoms. The second-order valence-corrected chi connectivity index (χ2v) is 11.5. The molecule has 184 valence electrons. The molecule has 0 radical (unpaired) electrons. The van der Waals surface area contributed by atoms with Crippen molar-refractivity contribution >= 4 is 17.8 Å². The third-order valence-corrected chi connectivity index (χ3v) is 8.32. The van der Waals surface area contributed by atoms with Gasteiger partial charge >= 0.3 is 0 Å². The smallest absolute Gasteiger partial charge is 0.231 e. The molecule has 5 heterocycles. The zero-order valence-electron chi connectivity index (χ0n) is 20.7. The SMILES string of the molecule is CC[C@@]12CCCCc3ccc4c(c3)C(CC(C)(C)O4)NC(=O)C3CC(C3)CN(C(=O)C1)C(N)=N2. The van der Waals surface area contributed by atoms with Crippen LogP contribution in [0.15, 0.2) is 23.2 Å². The Balaban J connectivity index is 1.42. The minimum atomic E-state index is -0.383. The van der Waals surface area contributed by atoms with E-state index >= 15 is 0 Å². The first-order valence-electron chi connectivity index (χ1n) is 12.9. The summed E-state index contributed by atoms with van der Waals surface area (Å²) >= 11 is 0. The van der Waals surface area contributed by atoms with Crippen LogP contribution in [0, 0.1) is 11.8 Å². The maximum absolute atomic E-state index is 13.1. The van der Waals surface area contributed by atoms with Crippen molar-refractivity contribution in [1.82, 2.24) is 10.2 Å². The molecule has 1 saturated carbocycles. The van der Waals surface area contributed by atoms with Crippen LogP contribution in [-0.4, -0.2) is 40.4 Å². The third-order valence-electron chi connectivity index (χ3n) is 8.32.